The number of thioether (sulfide) groups is 1. The third kappa shape index (κ3) is 5.44. The monoisotopic (exact) mass is 513 g/mol. The first-order valence-corrected chi connectivity index (χ1v) is 12.3. The molecule has 4 rings (SSSR count). The summed E-state index contributed by atoms with van der Waals surface area (Å²) in [7, 11) is 3.10. The highest BCUT2D eigenvalue weighted by Gasteiger charge is 2.33. The molecule has 0 unspecified atom stereocenters. The van der Waals surface area contributed by atoms with Crippen molar-refractivity contribution in [3.63, 3.8) is 0 Å². The second-order valence-electron chi connectivity index (χ2n) is 6.96. The van der Waals surface area contributed by atoms with Gasteiger partial charge in [0.2, 0.25) is 5.91 Å². The Kier molecular flexibility index (Phi) is 7.56. The molecule has 0 atom stereocenters. The van der Waals surface area contributed by atoms with Gasteiger partial charge in [-0.05, 0) is 60.0 Å². The molecule has 174 valence electrons. The Hall–Kier alpha value is -3.27. The molecule has 0 spiro atoms. The molecule has 1 aliphatic heterocycles. The fraction of sp³-hybridized carbons (Fsp3) is 0.125. The summed E-state index contributed by atoms with van der Waals surface area (Å²) in [5.74, 6) is 0.730. The minimum absolute atomic E-state index is 0.0603. The van der Waals surface area contributed by atoms with Gasteiger partial charge in [-0.25, -0.2) is 4.99 Å². The first kappa shape index (κ1) is 23.9. The molecule has 0 saturated heterocycles. The Labute approximate surface area is 210 Å². The van der Waals surface area contributed by atoms with E-state index in [-0.39, 0.29) is 23.3 Å². The molecule has 34 heavy (non-hydrogen) atoms. The average Bonchev–Trinajstić information content (AvgIpc) is 3.46. The molecule has 10 heteroatoms. The SMILES string of the molecule is COc1ccc(NC(=O)CSC2=N/C(=C\c3cccs3)C(=O)N2c2ccc(OC)c(Cl)c2)cc1. The Bertz CT molecular complexity index is 1260. The van der Waals surface area contributed by atoms with E-state index >= 15 is 0 Å². The molecule has 0 radical (unpaired) electrons. The number of carbonyl (C=O) groups excluding carboxylic acids is 2. The number of methoxy groups -OCH3 is 2. The number of hydrogen-bond acceptors (Lipinski definition) is 7. The molecule has 0 saturated carbocycles. The largest absolute Gasteiger partial charge is 0.497 e. The zero-order chi connectivity index (χ0) is 24.1. The van der Waals surface area contributed by atoms with Gasteiger partial charge >= 0.3 is 0 Å². The van der Waals surface area contributed by atoms with Crippen LogP contribution in [-0.4, -0.2) is 37.0 Å². The van der Waals surface area contributed by atoms with Crippen molar-refractivity contribution in [2.45, 2.75) is 0 Å². The molecule has 0 fully saturated rings. The van der Waals surface area contributed by atoms with Crippen LogP contribution in [0.15, 0.2) is 70.7 Å². The lowest BCUT2D eigenvalue weighted by molar-refractivity contribution is -0.114. The van der Waals surface area contributed by atoms with E-state index in [9.17, 15) is 9.59 Å². The number of thiophene rings is 1. The van der Waals surface area contributed by atoms with Gasteiger partial charge in [0, 0.05) is 10.6 Å². The number of carbonyl (C=O) groups is 2. The number of anilines is 2. The maximum absolute atomic E-state index is 13.3. The smallest absolute Gasteiger partial charge is 0.283 e. The zero-order valence-electron chi connectivity index (χ0n) is 18.3. The lowest BCUT2D eigenvalue weighted by Gasteiger charge is -2.18. The number of rotatable bonds is 7. The first-order valence-electron chi connectivity index (χ1n) is 10.1. The number of benzene rings is 2. The molecule has 2 amide bonds. The maximum atomic E-state index is 13.3. The minimum atomic E-state index is -0.298. The van der Waals surface area contributed by atoms with Crippen LogP contribution < -0.4 is 19.7 Å². The van der Waals surface area contributed by atoms with Gasteiger partial charge in [-0.2, -0.15) is 0 Å². The summed E-state index contributed by atoms with van der Waals surface area (Å²) < 4.78 is 10.3. The average molecular weight is 514 g/mol. The number of aliphatic imine (C=N–C) groups is 1. The predicted octanol–water partition coefficient (Wildman–Crippen LogP) is 5.53. The molecule has 1 N–H and O–H groups in total. The van der Waals surface area contributed by atoms with E-state index in [1.807, 2.05) is 17.5 Å². The Balaban J connectivity index is 1.55. The summed E-state index contributed by atoms with van der Waals surface area (Å²) in [4.78, 5) is 32.7. The van der Waals surface area contributed by atoms with Crippen molar-refractivity contribution in [2.75, 3.05) is 30.2 Å². The standard InChI is InChI=1S/C24H20ClN3O4S2/c1-31-17-8-5-15(6-9-17)26-22(29)14-34-24-27-20(13-18-4-3-11-33-18)23(30)28(24)16-7-10-21(32-2)19(25)12-16/h3-13H,14H2,1-2H3,(H,26,29)/b20-13-. The van der Waals surface area contributed by atoms with Gasteiger partial charge in [-0.15, -0.1) is 11.3 Å². The predicted molar refractivity (Wildman–Crippen MR) is 139 cm³/mol. The fourth-order valence-corrected chi connectivity index (χ4v) is 4.84. The van der Waals surface area contributed by atoms with Crippen LogP contribution >= 0.6 is 34.7 Å². The van der Waals surface area contributed by atoms with E-state index in [2.05, 4.69) is 10.3 Å². The van der Waals surface area contributed by atoms with E-state index in [4.69, 9.17) is 21.1 Å². The summed E-state index contributed by atoms with van der Waals surface area (Å²) in [6, 6.07) is 15.9. The quantitative estimate of drug-likeness (QED) is 0.420. The number of amidine groups is 1. The van der Waals surface area contributed by atoms with Gasteiger partial charge in [0.25, 0.3) is 5.91 Å². The second-order valence-corrected chi connectivity index (χ2v) is 9.29. The summed E-state index contributed by atoms with van der Waals surface area (Å²) in [6.07, 6.45) is 1.73. The summed E-state index contributed by atoms with van der Waals surface area (Å²) in [6.45, 7) is 0. The first-order chi connectivity index (χ1) is 16.5. The van der Waals surface area contributed by atoms with Crippen molar-refractivity contribution in [3.05, 3.63) is 75.6 Å². The molecule has 3 aromatic rings. The molecule has 1 aliphatic rings. The number of amides is 2. The van der Waals surface area contributed by atoms with Crippen molar-refractivity contribution in [1.29, 1.82) is 0 Å². The van der Waals surface area contributed by atoms with Crippen LogP contribution in [0.25, 0.3) is 6.08 Å². The lowest BCUT2D eigenvalue weighted by atomic mass is 10.2. The van der Waals surface area contributed by atoms with Gasteiger partial charge in [-0.1, -0.05) is 29.4 Å². The fourth-order valence-electron chi connectivity index (χ4n) is 3.12. The number of nitrogens with one attached hydrogen (secondary N) is 1. The topological polar surface area (TPSA) is 80.2 Å². The number of hydrogen-bond donors (Lipinski definition) is 1. The van der Waals surface area contributed by atoms with E-state index in [1.165, 1.54) is 23.3 Å². The number of nitrogens with zero attached hydrogens (tertiary/aromatic N) is 2. The highest BCUT2D eigenvalue weighted by Crippen LogP contribution is 2.34. The van der Waals surface area contributed by atoms with Crippen molar-refractivity contribution in [2.24, 2.45) is 4.99 Å². The Morgan fingerprint density at radius 1 is 1.18 bits per heavy atom. The van der Waals surface area contributed by atoms with Crippen LogP contribution in [0.1, 0.15) is 4.88 Å². The maximum Gasteiger partial charge on any atom is 0.283 e. The zero-order valence-corrected chi connectivity index (χ0v) is 20.7. The van der Waals surface area contributed by atoms with Crippen molar-refractivity contribution in [1.82, 2.24) is 0 Å². The van der Waals surface area contributed by atoms with Crippen molar-refractivity contribution in [3.8, 4) is 11.5 Å². The van der Waals surface area contributed by atoms with Crippen LogP contribution in [0.5, 0.6) is 11.5 Å². The summed E-state index contributed by atoms with van der Waals surface area (Å²) in [5, 5.41) is 5.51. The minimum Gasteiger partial charge on any atom is -0.497 e. The lowest BCUT2D eigenvalue weighted by Crippen LogP contribution is -2.31. The van der Waals surface area contributed by atoms with Gasteiger partial charge in [0.1, 0.15) is 17.2 Å². The van der Waals surface area contributed by atoms with Gasteiger partial charge < -0.3 is 14.8 Å². The molecule has 7 nitrogen and oxygen atoms in total. The molecular formula is C24H20ClN3O4S2. The van der Waals surface area contributed by atoms with E-state index < -0.39 is 0 Å². The van der Waals surface area contributed by atoms with E-state index in [0.29, 0.717) is 33.1 Å². The molecule has 0 aliphatic carbocycles. The summed E-state index contributed by atoms with van der Waals surface area (Å²) in [5.41, 5.74) is 1.47. The molecule has 2 aromatic carbocycles. The van der Waals surface area contributed by atoms with Crippen LogP contribution in [0.3, 0.4) is 0 Å². The van der Waals surface area contributed by atoms with Crippen molar-refractivity contribution < 1.29 is 19.1 Å². The van der Waals surface area contributed by atoms with Crippen LogP contribution in [0.4, 0.5) is 11.4 Å². The number of halogens is 1. The Morgan fingerprint density at radius 2 is 1.97 bits per heavy atom. The van der Waals surface area contributed by atoms with Gasteiger partial charge in [0.05, 0.1) is 30.7 Å². The normalized spacial score (nSPS) is 14.3. The van der Waals surface area contributed by atoms with Gasteiger partial charge in [0.15, 0.2) is 5.17 Å². The number of ether oxygens (including phenoxy) is 2. The van der Waals surface area contributed by atoms with E-state index in [0.717, 1.165) is 16.6 Å². The highest BCUT2D eigenvalue weighted by atomic mass is 35.5. The third-order valence-corrected chi connectivity index (χ3v) is 6.80. The molecular weight excluding hydrogens is 494 g/mol. The molecule has 0 bridgehead atoms. The van der Waals surface area contributed by atoms with Crippen LogP contribution in [-0.2, 0) is 9.59 Å². The molecule has 1 aromatic heterocycles. The van der Waals surface area contributed by atoms with E-state index in [1.54, 1.807) is 55.7 Å². The second kappa shape index (κ2) is 10.8. The third-order valence-electron chi connectivity index (χ3n) is 4.75. The highest BCUT2D eigenvalue weighted by molar-refractivity contribution is 8.14. The van der Waals surface area contributed by atoms with Gasteiger partial charge in [-0.3, -0.25) is 14.5 Å². The Morgan fingerprint density at radius 3 is 2.62 bits per heavy atom. The van der Waals surface area contributed by atoms with Crippen LogP contribution in [0, 0.1) is 0 Å². The van der Waals surface area contributed by atoms with Crippen molar-refractivity contribution >= 4 is 69.1 Å². The van der Waals surface area contributed by atoms with Crippen LogP contribution in [0.2, 0.25) is 5.02 Å². The summed E-state index contributed by atoms with van der Waals surface area (Å²) >= 11 is 8.97. The molecule has 2 heterocycles.